The number of hydrogen-bond acceptors (Lipinski definition) is 3. The number of likely N-dealkylation sites (N-methyl/N-ethyl adjacent to an activating group) is 1. The van der Waals surface area contributed by atoms with E-state index in [0.717, 1.165) is 38.7 Å². The fourth-order valence-corrected chi connectivity index (χ4v) is 1.22. The quantitative estimate of drug-likeness (QED) is 0.592. The van der Waals surface area contributed by atoms with Gasteiger partial charge in [-0.25, -0.2) is 0 Å². The van der Waals surface area contributed by atoms with Gasteiger partial charge in [-0.1, -0.05) is 13.8 Å². The monoisotopic (exact) mass is 216 g/mol. The summed E-state index contributed by atoms with van der Waals surface area (Å²) in [4.78, 5) is 2.30. The van der Waals surface area contributed by atoms with Crippen LogP contribution >= 0.6 is 0 Å². The molecule has 0 aromatic heterocycles. The molecule has 0 rings (SSSR count). The third kappa shape index (κ3) is 11.8. The molecular weight excluding hydrogens is 188 g/mol. The fourth-order valence-electron chi connectivity index (χ4n) is 1.22. The van der Waals surface area contributed by atoms with Crippen molar-refractivity contribution in [2.75, 3.05) is 39.8 Å². The maximum absolute atomic E-state index is 5.49. The van der Waals surface area contributed by atoms with Gasteiger partial charge in [-0.05, 0) is 33.4 Å². The highest BCUT2D eigenvalue weighted by Gasteiger charge is 1.99. The predicted molar refractivity (Wildman–Crippen MR) is 66.3 cm³/mol. The van der Waals surface area contributed by atoms with E-state index >= 15 is 0 Å². The summed E-state index contributed by atoms with van der Waals surface area (Å²) in [5.41, 5.74) is 0. The first-order valence-corrected chi connectivity index (χ1v) is 6.03. The third-order valence-electron chi connectivity index (χ3n) is 2.15. The lowest BCUT2D eigenvalue weighted by molar-refractivity contribution is 0.0640. The number of ether oxygens (including phenoxy) is 1. The lowest BCUT2D eigenvalue weighted by atomic mass is 10.2. The smallest absolute Gasteiger partial charge is 0.0596 e. The molecule has 92 valence electrons. The average Bonchev–Trinajstić information content (AvgIpc) is 2.11. The minimum absolute atomic E-state index is 0.345. The zero-order chi connectivity index (χ0) is 11.7. The molecule has 0 fully saturated rings. The van der Waals surface area contributed by atoms with Gasteiger partial charge in [0.15, 0.2) is 0 Å². The molecule has 3 heteroatoms. The Morgan fingerprint density at radius 2 is 1.80 bits per heavy atom. The average molecular weight is 216 g/mol. The highest BCUT2D eigenvalue weighted by molar-refractivity contribution is 4.56. The summed E-state index contributed by atoms with van der Waals surface area (Å²) in [6.07, 6.45) is 0.345. The van der Waals surface area contributed by atoms with E-state index in [2.05, 4.69) is 45.0 Å². The molecule has 0 unspecified atom stereocenters. The highest BCUT2D eigenvalue weighted by Crippen LogP contribution is 1.90. The van der Waals surface area contributed by atoms with E-state index in [4.69, 9.17) is 4.74 Å². The topological polar surface area (TPSA) is 24.5 Å². The third-order valence-corrected chi connectivity index (χ3v) is 2.15. The van der Waals surface area contributed by atoms with Crippen molar-refractivity contribution in [3.63, 3.8) is 0 Å². The summed E-state index contributed by atoms with van der Waals surface area (Å²) < 4.78 is 5.49. The van der Waals surface area contributed by atoms with Crippen LogP contribution < -0.4 is 5.32 Å². The second-order valence-corrected chi connectivity index (χ2v) is 4.82. The van der Waals surface area contributed by atoms with Crippen molar-refractivity contribution < 1.29 is 4.74 Å². The van der Waals surface area contributed by atoms with Gasteiger partial charge in [-0.3, -0.25) is 0 Å². The molecule has 0 atom stereocenters. The Morgan fingerprint density at radius 3 is 2.33 bits per heavy atom. The Balaban J connectivity index is 3.22. The Bertz CT molecular complexity index is 138. The molecule has 0 saturated carbocycles. The van der Waals surface area contributed by atoms with Crippen molar-refractivity contribution in [3.8, 4) is 0 Å². The molecule has 0 aliphatic heterocycles. The predicted octanol–water partition coefficient (Wildman–Crippen LogP) is 1.59. The number of rotatable bonds is 9. The Kier molecular flexibility index (Phi) is 9.06. The summed E-state index contributed by atoms with van der Waals surface area (Å²) in [6, 6.07) is 0. The Morgan fingerprint density at radius 1 is 1.13 bits per heavy atom. The first kappa shape index (κ1) is 14.9. The van der Waals surface area contributed by atoms with Crippen molar-refractivity contribution in [3.05, 3.63) is 0 Å². The van der Waals surface area contributed by atoms with Crippen molar-refractivity contribution >= 4 is 0 Å². The normalized spacial score (nSPS) is 12.0. The molecule has 0 saturated heterocycles. The van der Waals surface area contributed by atoms with Gasteiger partial charge in [0.1, 0.15) is 0 Å². The molecule has 0 spiro atoms. The Labute approximate surface area is 95.2 Å². The van der Waals surface area contributed by atoms with Crippen LogP contribution in [0.3, 0.4) is 0 Å². The van der Waals surface area contributed by atoms with Crippen molar-refractivity contribution in [1.29, 1.82) is 0 Å². The summed E-state index contributed by atoms with van der Waals surface area (Å²) in [6.45, 7) is 13.7. The molecule has 0 aliphatic rings. The van der Waals surface area contributed by atoms with Gasteiger partial charge in [-0.15, -0.1) is 0 Å². The minimum Gasteiger partial charge on any atom is -0.377 e. The molecule has 0 heterocycles. The first-order valence-electron chi connectivity index (χ1n) is 6.03. The van der Waals surface area contributed by atoms with Crippen LogP contribution in [0.15, 0.2) is 0 Å². The maximum atomic E-state index is 5.49. The molecule has 0 bridgehead atoms. The SMILES string of the molecule is CC(C)CNCCN(C)CCOC(C)C. The molecule has 0 aromatic rings. The van der Waals surface area contributed by atoms with E-state index < -0.39 is 0 Å². The lowest BCUT2D eigenvalue weighted by Crippen LogP contribution is -2.33. The second-order valence-electron chi connectivity index (χ2n) is 4.82. The molecule has 15 heavy (non-hydrogen) atoms. The molecule has 1 N–H and O–H groups in total. The van der Waals surface area contributed by atoms with Gasteiger partial charge in [0.05, 0.1) is 12.7 Å². The van der Waals surface area contributed by atoms with Crippen LogP contribution in [0.25, 0.3) is 0 Å². The summed E-state index contributed by atoms with van der Waals surface area (Å²) in [7, 11) is 2.14. The maximum Gasteiger partial charge on any atom is 0.0596 e. The lowest BCUT2D eigenvalue weighted by Gasteiger charge is -2.18. The van der Waals surface area contributed by atoms with E-state index in [0.29, 0.717) is 6.10 Å². The van der Waals surface area contributed by atoms with E-state index in [-0.39, 0.29) is 0 Å². The molecule has 0 amide bonds. The first-order chi connectivity index (χ1) is 7.02. The standard InChI is InChI=1S/C12H28N2O/c1-11(2)10-13-6-7-14(5)8-9-15-12(3)4/h11-13H,6-10H2,1-5H3. The van der Waals surface area contributed by atoms with Crippen LogP contribution in [0.5, 0.6) is 0 Å². The van der Waals surface area contributed by atoms with Crippen molar-refractivity contribution in [1.82, 2.24) is 10.2 Å². The van der Waals surface area contributed by atoms with Crippen LogP contribution in [-0.4, -0.2) is 50.8 Å². The van der Waals surface area contributed by atoms with Gasteiger partial charge < -0.3 is 15.0 Å². The van der Waals surface area contributed by atoms with Crippen LogP contribution in [0.1, 0.15) is 27.7 Å². The number of hydrogen-bond donors (Lipinski definition) is 1. The second kappa shape index (κ2) is 9.13. The molecule has 3 nitrogen and oxygen atoms in total. The molecule has 0 aliphatic carbocycles. The zero-order valence-electron chi connectivity index (χ0n) is 11.0. The van der Waals surface area contributed by atoms with Gasteiger partial charge in [0.25, 0.3) is 0 Å². The van der Waals surface area contributed by atoms with Crippen LogP contribution in [0, 0.1) is 5.92 Å². The van der Waals surface area contributed by atoms with Crippen LogP contribution in [0.4, 0.5) is 0 Å². The van der Waals surface area contributed by atoms with Crippen LogP contribution in [0.2, 0.25) is 0 Å². The molecule has 0 radical (unpaired) electrons. The van der Waals surface area contributed by atoms with Crippen molar-refractivity contribution in [2.45, 2.75) is 33.8 Å². The van der Waals surface area contributed by atoms with Gasteiger partial charge >= 0.3 is 0 Å². The summed E-state index contributed by atoms with van der Waals surface area (Å²) in [5.74, 6) is 0.736. The van der Waals surface area contributed by atoms with Gasteiger partial charge in [0.2, 0.25) is 0 Å². The zero-order valence-corrected chi connectivity index (χ0v) is 11.0. The van der Waals surface area contributed by atoms with Gasteiger partial charge in [0, 0.05) is 19.6 Å². The molecular formula is C12H28N2O. The number of nitrogens with one attached hydrogen (secondary N) is 1. The van der Waals surface area contributed by atoms with E-state index in [1.54, 1.807) is 0 Å². The minimum atomic E-state index is 0.345. The van der Waals surface area contributed by atoms with Crippen molar-refractivity contribution in [2.24, 2.45) is 5.92 Å². The summed E-state index contributed by atoms with van der Waals surface area (Å²) in [5, 5.41) is 3.43. The number of nitrogens with zero attached hydrogens (tertiary/aromatic N) is 1. The molecule has 0 aromatic carbocycles. The largest absolute Gasteiger partial charge is 0.377 e. The van der Waals surface area contributed by atoms with E-state index in [1.165, 1.54) is 0 Å². The van der Waals surface area contributed by atoms with E-state index in [1.807, 2.05) is 0 Å². The van der Waals surface area contributed by atoms with Gasteiger partial charge in [-0.2, -0.15) is 0 Å². The fraction of sp³-hybridized carbons (Fsp3) is 1.00. The van der Waals surface area contributed by atoms with E-state index in [9.17, 15) is 0 Å². The highest BCUT2D eigenvalue weighted by atomic mass is 16.5. The Hall–Kier alpha value is -0.120. The van der Waals surface area contributed by atoms with Crippen LogP contribution in [-0.2, 0) is 4.74 Å². The summed E-state index contributed by atoms with van der Waals surface area (Å²) >= 11 is 0.